The fourth-order valence-electron chi connectivity index (χ4n) is 3.88. The van der Waals surface area contributed by atoms with Gasteiger partial charge in [-0.05, 0) is 60.9 Å². The number of aromatic nitrogens is 3. The lowest BCUT2D eigenvalue weighted by Crippen LogP contribution is -2.22. The number of fused-ring (bicyclic) bond motifs is 3. The molecule has 6 heteroatoms. The molecule has 1 N–H and O–H groups in total. The van der Waals surface area contributed by atoms with Gasteiger partial charge < -0.3 is 4.98 Å². The topological polar surface area (TPSA) is 50.7 Å². The molecule has 0 unspecified atom stereocenters. The van der Waals surface area contributed by atoms with Gasteiger partial charge in [0.2, 0.25) is 0 Å². The van der Waals surface area contributed by atoms with Gasteiger partial charge in [-0.25, -0.2) is 9.37 Å². The summed E-state index contributed by atoms with van der Waals surface area (Å²) < 4.78 is 15.0. The smallest absolute Gasteiger partial charge is 0.283 e. The lowest BCUT2D eigenvalue weighted by atomic mass is 10.1. The first-order valence-corrected chi connectivity index (χ1v) is 11.0. The van der Waals surface area contributed by atoms with E-state index in [1.807, 2.05) is 50.2 Å². The molecule has 5 aromatic rings. The maximum Gasteiger partial charge on any atom is 0.283 e. The number of benzene rings is 3. The Morgan fingerprint density at radius 2 is 1.71 bits per heavy atom. The molecule has 5 rings (SSSR count). The number of para-hydroxylation sites is 1. The van der Waals surface area contributed by atoms with Gasteiger partial charge in [0.15, 0.2) is 5.16 Å². The van der Waals surface area contributed by atoms with Crippen LogP contribution in [0.2, 0.25) is 0 Å². The van der Waals surface area contributed by atoms with Crippen LogP contribution in [0.1, 0.15) is 16.7 Å². The molecule has 0 aliphatic rings. The molecule has 0 amide bonds. The van der Waals surface area contributed by atoms with E-state index in [1.54, 1.807) is 16.7 Å². The molecule has 0 radical (unpaired) electrons. The minimum atomic E-state index is -0.265. The maximum atomic E-state index is 13.6. The van der Waals surface area contributed by atoms with Crippen molar-refractivity contribution in [1.29, 1.82) is 0 Å². The standard InChI is InChI=1S/C25H20FN3OS/c1-15-11-16(2)13-19(12-15)29-24(30)23-22(20-5-3-4-6-21(20)27-23)28-25(29)31-14-17-7-9-18(26)10-8-17/h3-13,27H,14H2,1-2H3. The normalized spacial score (nSPS) is 11.5. The van der Waals surface area contributed by atoms with Crippen molar-refractivity contribution in [3.63, 3.8) is 0 Å². The van der Waals surface area contributed by atoms with Crippen molar-refractivity contribution in [3.8, 4) is 5.69 Å². The van der Waals surface area contributed by atoms with Gasteiger partial charge >= 0.3 is 0 Å². The van der Waals surface area contributed by atoms with Gasteiger partial charge in [-0.15, -0.1) is 0 Å². The lowest BCUT2D eigenvalue weighted by Gasteiger charge is -2.13. The van der Waals surface area contributed by atoms with E-state index < -0.39 is 0 Å². The third-order valence-electron chi connectivity index (χ3n) is 5.24. The van der Waals surface area contributed by atoms with Crippen LogP contribution >= 0.6 is 11.8 Å². The quantitative estimate of drug-likeness (QED) is 0.285. The molecule has 3 aromatic carbocycles. The van der Waals surface area contributed by atoms with Crippen LogP contribution in [-0.2, 0) is 5.75 Å². The summed E-state index contributed by atoms with van der Waals surface area (Å²) in [5, 5.41) is 1.53. The number of halogens is 1. The Kier molecular flexibility index (Phi) is 4.87. The number of nitrogens with one attached hydrogen (secondary N) is 1. The summed E-state index contributed by atoms with van der Waals surface area (Å²) in [6, 6.07) is 20.3. The van der Waals surface area contributed by atoms with Crippen LogP contribution in [0.25, 0.3) is 27.6 Å². The molecule has 0 atom stereocenters. The first-order valence-electron chi connectivity index (χ1n) is 9.99. The predicted molar refractivity (Wildman–Crippen MR) is 125 cm³/mol. The zero-order valence-corrected chi connectivity index (χ0v) is 18.0. The number of rotatable bonds is 4. The van der Waals surface area contributed by atoms with Crippen LogP contribution in [0.3, 0.4) is 0 Å². The Balaban J connectivity index is 1.72. The zero-order valence-electron chi connectivity index (χ0n) is 17.1. The molecular weight excluding hydrogens is 409 g/mol. The Morgan fingerprint density at radius 3 is 2.45 bits per heavy atom. The van der Waals surface area contributed by atoms with Crippen LogP contribution in [0, 0.1) is 19.7 Å². The van der Waals surface area contributed by atoms with Gasteiger partial charge in [-0.1, -0.05) is 48.2 Å². The van der Waals surface area contributed by atoms with E-state index in [0.717, 1.165) is 33.3 Å². The number of aryl methyl sites for hydroxylation is 2. The Labute approximate surface area is 182 Å². The summed E-state index contributed by atoms with van der Waals surface area (Å²) in [6.45, 7) is 4.03. The molecule has 0 fully saturated rings. The van der Waals surface area contributed by atoms with Gasteiger partial charge in [-0.2, -0.15) is 0 Å². The fraction of sp³-hybridized carbons (Fsp3) is 0.120. The van der Waals surface area contributed by atoms with Crippen molar-refractivity contribution in [1.82, 2.24) is 14.5 Å². The van der Waals surface area contributed by atoms with Crippen LogP contribution < -0.4 is 5.56 Å². The Hall–Kier alpha value is -3.38. The summed E-state index contributed by atoms with van der Waals surface area (Å²) in [4.78, 5) is 21.8. The van der Waals surface area contributed by atoms with Crippen molar-refractivity contribution in [2.45, 2.75) is 24.8 Å². The number of nitrogens with zero attached hydrogens (tertiary/aromatic N) is 2. The van der Waals surface area contributed by atoms with Crippen molar-refractivity contribution < 1.29 is 4.39 Å². The minimum absolute atomic E-state index is 0.132. The summed E-state index contributed by atoms with van der Waals surface area (Å²) in [5.41, 5.74) is 5.82. The van der Waals surface area contributed by atoms with E-state index >= 15 is 0 Å². The summed E-state index contributed by atoms with van der Waals surface area (Å²) in [7, 11) is 0. The first-order chi connectivity index (χ1) is 15.0. The van der Waals surface area contributed by atoms with Crippen LogP contribution in [-0.4, -0.2) is 14.5 Å². The molecule has 154 valence electrons. The number of thioether (sulfide) groups is 1. The molecule has 0 aliphatic heterocycles. The largest absolute Gasteiger partial charge is 0.349 e. The van der Waals surface area contributed by atoms with Crippen molar-refractivity contribution in [2.75, 3.05) is 0 Å². The van der Waals surface area contributed by atoms with Gasteiger partial charge in [0.1, 0.15) is 16.9 Å². The second kappa shape index (κ2) is 7.71. The van der Waals surface area contributed by atoms with E-state index in [9.17, 15) is 9.18 Å². The summed E-state index contributed by atoms with van der Waals surface area (Å²) in [6.07, 6.45) is 0. The van der Waals surface area contributed by atoms with E-state index in [-0.39, 0.29) is 11.4 Å². The number of hydrogen-bond donors (Lipinski definition) is 1. The average Bonchev–Trinajstić information content (AvgIpc) is 3.12. The van der Waals surface area contributed by atoms with E-state index in [4.69, 9.17) is 4.98 Å². The molecule has 31 heavy (non-hydrogen) atoms. The number of H-pyrrole nitrogens is 1. The molecule has 4 nitrogen and oxygen atoms in total. The van der Waals surface area contributed by atoms with Crippen molar-refractivity contribution in [2.24, 2.45) is 0 Å². The SMILES string of the molecule is Cc1cc(C)cc(-n2c(SCc3ccc(F)cc3)nc3c([nH]c4ccccc43)c2=O)c1. The molecule has 0 spiro atoms. The van der Waals surface area contributed by atoms with Crippen molar-refractivity contribution in [3.05, 3.63) is 99.6 Å². The Bertz CT molecular complexity index is 1470. The highest BCUT2D eigenvalue weighted by molar-refractivity contribution is 7.98. The monoisotopic (exact) mass is 429 g/mol. The average molecular weight is 430 g/mol. The second-order valence-electron chi connectivity index (χ2n) is 7.69. The van der Waals surface area contributed by atoms with E-state index in [1.165, 1.54) is 23.9 Å². The predicted octanol–water partition coefficient (Wildman–Crippen LogP) is 5.92. The maximum absolute atomic E-state index is 13.6. The molecule has 2 aromatic heterocycles. The summed E-state index contributed by atoms with van der Waals surface area (Å²) >= 11 is 1.47. The van der Waals surface area contributed by atoms with E-state index in [2.05, 4.69) is 11.1 Å². The fourth-order valence-corrected chi connectivity index (χ4v) is 4.84. The van der Waals surface area contributed by atoms with Gasteiger partial charge in [0, 0.05) is 16.7 Å². The van der Waals surface area contributed by atoms with Crippen LogP contribution in [0.15, 0.2) is 76.7 Å². The van der Waals surface area contributed by atoms with Gasteiger partial charge in [-0.3, -0.25) is 9.36 Å². The molecule has 0 saturated carbocycles. The van der Waals surface area contributed by atoms with Crippen molar-refractivity contribution >= 4 is 33.7 Å². The molecule has 0 bridgehead atoms. The van der Waals surface area contributed by atoms with Crippen LogP contribution in [0.4, 0.5) is 4.39 Å². The highest BCUT2D eigenvalue weighted by Crippen LogP contribution is 2.28. The molecule has 0 aliphatic carbocycles. The zero-order chi connectivity index (χ0) is 21.5. The number of aromatic amines is 1. The Morgan fingerprint density at radius 1 is 1.00 bits per heavy atom. The first kappa shape index (κ1) is 19.6. The third-order valence-corrected chi connectivity index (χ3v) is 6.25. The lowest BCUT2D eigenvalue weighted by molar-refractivity contribution is 0.627. The number of hydrogen-bond acceptors (Lipinski definition) is 3. The highest BCUT2D eigenvalue weighted by Gasteiger charge is 2.17. The minimum Gasteiger partial charge on any atom is -0.349 e. The molecule has 0 saturated heterocycles. The summed E-state index contributed by atoms with van der Waals surface area (Å²) in [5.74, 6) is 0.310. The van der Waals surface area contributed by atoms with Gasteiger partial charge in [0.25, 0.3) is 5.56 Å². The second-order valence-corrected chi connectivity index (χ2v) is 8.63. The molecular formula is C25H20FN3OS. The van der Waals surface area contributed by atoms with Crippen LogP contribution in [0.5, 0.6) is 0 Å². The van der Waals surface area contributed by atoms with Gasteiger partial charge in [0.05, 0.1) is 5.69 Å². The third kappa shape index (κ3) is 3.64. The highest BCUT2D eigenvalue weighted by atomic mass is 32.2. The van der Waals surface area contributed by atoms with E-state index in [0.29, 0.717) is 21.9 Å². The molecule has 2 heterocycles.